The number of ether oxygens (including phenoxy) is 2. The summed E-state index contributed by atoms with van der Waals surface area (Å²) in [6, 6.07) is 7.26. The Labute approximate surface area is 106 Å². The molecule has 2 rings (SSSR count). The quantitative estimate of drug-likeness (QED) is 0.809. The van der Waals surface area contributed by atoms with Gasteiger partial charge in [0.25, 0.3) is 5.91 Å². The van der Waals surface area contributed by atoms with E-state index in [2.05, 4.69) is 0 Å². The summed E-state index contributed by atoms with van der Waals surface area (Å²) in [5, 5.41) is 0. The van der Waals surface area contributed by atoms with E-state index in [1.807, 2.05) is 19.1 Å². The van der Waals surface area contributed by atoms with E-state index in [1.54, 1.807) is 17.0 Å². The molecule has 1 atom stereocenters. The fourth-order valence-corrected chi connectivity index (χ4v) is 1.93. The number of para-hydroxylation sites is 2. The highest BCUT2D eigenvalue weighted by molar-refractivity contribution is 5.78. The van der Waals surface area contributed by atoms with Gasteiger partial charge < -0.3 is 20.1 Å². The van der Waals surface area contributed by atoms with Crippen LogP contribution in [0.2, 0.25) is 0 Å². The van der Waals surface area contributed by atoms with Crippen molar-refractivity contribution in [3.05, 3.63) is 24.3 Å². The molecule has 1 aliphatic rings. The number of rotatable bonds is 3. The Hall–Kier alpha value is -1.75. The van der Waals surface area contributed by atoms with Crippen molar-refractivity contribution >= 4 is 11.6 Å². The molecule has 1 aromatic carbocycles. The van der Waals surface area contributed by atoms with Crippen molar-refractivity contribution in [1.29, 1.82) is 0 Å². The third-order valence-electron chi connectivity index (χ3n) is 2.96. The third-order valence-corrected chi connectivity index (χ3v) is 2.96. The summed E-state index contributed by atoms with van der Waals surface area (Å²) in [5.41, 5.74) is 6.28. The minimum atomic E-state index is -0.0333. The topological polar surface area (TPSA) is 64.8 Å². The first-order valence-corrected chi connectivity index (χ1v) is 6.03. The Bertz CT molecular complexity index is 422. The first kappa shape index (κ1) is 12.7. The van der Waals surface area contributed by atoms with Gasteiger partial charge in [-0.15, -0.1) is 0 Å². The van der Waals surface area contributed by atoms with Crippen molar-refractivity contribution in [2.24, 2.45) is 0 Å². The lowest BCUT2D eigenvalue weighted by molar-refractivity contribution is -0.141. The summed E-state index contributed by atoms with van der Waals surface area (Å²) in [6.07, 6.45) is 0. The molecule has 0 radical (unpaired) electrons. The fourth-order valence-electron chi connectivity index (χ4n) is 1.93. The van der Waals surface area contributed by atoms with E-state index in [9.17, 15) is 4.79 Å². The van der Waals surface area contributed by atoms with Gasteiger partial charge >= 0.3 is 0 Å². The molecular formula is C13H18N2O3. The molecule has 0 saturated carbocycles. The monoisotopic (exact) mass is 250 g/mol. The number of nitrogens with two attached hydrogens (primary N) is 1. The van der Waals surface area contributed by atoms with Crippen LogP contribution < -0.4 is 10.5 Å². The van der Waals surface area contributed by atoms with Crippen LogP contribution in [0.25, 0.3) is 0 Å². The molecule has 98 valence electrons. The Balaban J connectivity index is 1.90. The number of carbonyl (C=O) groups is 1. The van der Waals surface area contributed by atoms with Gasteiger partial charge in [0.05, 0.1) is 24.9 Å². The summed E-state index contributed by atoms with van der Waals surface area (Å²) >= 11 is 0. The first-order valence-electron chi connectivity index (χ1n) is 6.03. The molecule has 1 heterocycles. The molecule has 1 aliphatic heterocycles. The summed E-state index contributed by atoms with van der Waals surface area (Å²) in [7, 11) is 0. The highest BCUT2D eigenvalue weighted by Crippen LogP contribution is 2.19. The van der Waals surface area contributed by atoms with Crippen molar-refractivity contribution < 1.29 is 14.3 Å². The number of benzene rings is 1. The Morgan fingerprint density at radius 3 is 3.06 bits per heavy atom. The molecule has 18 heavy (non-hydrogen) atoms. The number of hydrogen-bond donors (Lipinski definition) is 1. The number of hydrogen-bond acceptors (Lipinski definition) is 4. The second-order valence-electron chi connectivity index (χ2n) is 4.34. The van der Waals surface area contributed by atoms with Gasteiger partial charge in [0.15, 0.2) is 6.61 Å². The molecule has 0 aliphatic carbocycles. The second kappa shape index (κ2) is 5.73. The van der Waals surface area contributed by atoms with Crippen molar-refractivity contribution in [1.82, 2.24) is 4.90 Å². The van der Waals surface area contributed by atoms with Crippen molar-refractivity contribution in [2.75, 3.05) is 32.1 Å². The largest absolute Gasteiger partial charge is 0.482 e. The van der Waals surface area contributed by atoms with Gasteiger partial charge in [-0.25, -0.2) is 0 Å². The number of carbonyl (C=O) groups excluding carboxylic acids is 1. The number of nitrogen functional groups attached to an aromatic ring is 1. The van der Waals surface area contributed by atoms with Crippen LogP contribution in [0.15, 0.2) is 24.3 Å². The van der Waals surface area contributed by atoms with Crippen molar-refractivity contribution in [3.8, 4) is 5.75 Å². The molecule has 1 aromatic rings. The maximum Gasteiger partial charge on any atom is 0.260 e. The summed E-state index contributed by atoms with van der Waals surface area (Å²) in [4.78, 5) is 13.8. The molecule has 5 nitrogen and oxygen atoms in total. The Morgan fingerprint density at radius 1 is 1.56 bits per heavy atom. The van der Waals surface area contributed by atoms with Crippen molar-refractivity contribution in [2.45, 2.75) is 13.0 Å². The van der Waals surface area contributed by atoms with Gasteiger partial charge in [-0.3, -0.25) is 4.79 Å². The van der Waals surface area contributed by atoms with Crippen LogP contribution in [0, 0.1) is 0 Å². The van der Waals surface area contributed by atoms with Gasteiger partial charge in [0, 0.05) is 6.54 Å². The van der Waals surface area contributed by atoms with Crippen LogP contribution in [-0.2, 0) is 9.53 Å². The third kappa shape index (κ3) is 2.92. The van der Waals surface area contributed by atoms with E-state index in [0.717, 1.165) is 0 Å². The highest BCUT2D eigenvalue weighted by Gasteiger charge is 2.23. The molecule has 1 amide bonds. The molecule has 1 fully saturated rings. The smallest absolute Gasteiger partial charge is 0.260 e. The Kier molecular flexibility index (Phi) is 4.04. The minimum Gasteiger partial charge on any atom is -0.482 e. The van der Waals surface area contributed by atoms with Gasteiger partial charge in [0.1, 0.15) is 5.75 Å². The van der Waals surface area contributed by atoms with Crippen LogP contribution in [-0.4, -0.2) is 43.2 Å². The predicted molar refractivity (Wildman–Crippen MR) is 68.3 cm³/mol. The normalized spacial score (nSPS) is 19.6. The lowest BCUT2D eigenvalue weighted by Crippen LogP contribution is -2.48. The van der Waals surface area contributed by atoms with Crippen LogP contribution in [0.5, 0.6) is 5.75 Å². The molecular weight excluding hydrogens is 232 g/mol. The lowest BCUT2D eigenvalue weighted by Gasteiger charge is -2.33. The van der Waals surface area contributed by atoms with E-state index in [-0.39, 0.29) is 18.6 Å². The molecule has 5 heteroatoms. The van der Waals surface area contributed by atoms with Crippen LogP contribution in [0.3, 0.4) is 0 Å². The number of anilines is 1. The number of morpholine rings is 1. The summed E-state index contributed by atoms with van der Waals surface area (Å²) in [6.45, 7) is 3.77. The molecule has 0 bridgehead atoms. The van der Waals surface area contributed by atoms with Gasteiger partial charge in [-0.2, -0.15) is 0 Å². The van der Waals surface area contributed by atoms with Crippen LogP contribution in [0.4, 0.5) is 5.69 Å². The van der Waals surface area contributed by atoms with Crippen LogP contribution >= 0.6 is 0 Å². The van der Waals surface area contributed by atoms with E-state index in [0.29, 0.717) is 31.2 Å². The second-order valence-corrected chi connectivity index (χ2v) is 4.34. The summed E-state index contributed by atoms with van der Waals surface area (Å²) in [5.74, 6) is 0.515. The molecule has 1 saturated heterocycles. The zero-order chi connectivity index (χ0) is 13.0. The Morgan fingerprint density at radius 2 is 2.33 bits per heavy atom. The SMILES string of the molecule is CC1COCCN1C(=O)COc1ccccc1N. The molecule has 0 aromatic heterocycles. The zero-order valence-electron chi connectivity index (χ0n) is 10.5. The zero-order valence-corrected chi connectivity index (χ0v) is 10.5. The minimum absolute atomic E-state index is 0.0125. The number of nitrogens with zero attached hydrogens (tertiary/aromatic N) is 1. The standard InChI is InChI=1S/C13H18N2O3/c1-10-8-17-7-6-15(10)13(16)9-18-12-5-3-2-4-11(12)14/h2-5,10H,6-9,14H2,1H3. The molecule has 1 unspecified atom stereocenters. The lowest BCUT2D eigenvalue weighted by atomic mass is 10.2. The van der Waals surface area contributed by atoms with Gasteiger partial charge in [0.2, 0.25) is 0 Å². The van der Waals surface area contributed by atoms with Gasteiger partial charge in [-0.05, 0) is 19.1 Å². The van der Waals surface area contributed by atoms with E-state index >= 15 is 0 Å². The molecule has 2 N–H and O–H groups in total. The average Bonchev–Trinajstić information content (AvgIpc) is 2.38. The average molecular weight is 250 g/mol. The predicted octanol–water partition coefficient (Wildman–Crippen LogP) is 0.895. The highest BCUT2D eigenvalue weighted by atomic mass is 16.5. The van der Waals surface area contributed by atoms with E-state index < -0.39 is 0 Å². The van der Waals surface area contributed by atoms with Crippen LogP contribution in [0.1, 0.15) is 6.92 Å². The molecule has 0 spiro atoms. The first-order chi connectivity index (χ1) is 8.68. The fraction of sp³-hybridized carbons (Fsp3) is 0.462. The van der Waals surface area contributed by atoms with Gasteiger partial charge in [-0.1, -0.05) is 12.1 Å². The maximum absolute atomic E-state index is 12.0. The maximum atomic E-state index is 12.0. The van der Waals surface area contributed by atoms with Crippen molar-refractivity contribution in [3.63, 3.8) is 0 Å². The number of amides is 1. The summed E-state index contributed by atoms with van der Waals surface area (Å²) < 4.78 is 10.7. The van der Waals surface area contributed by atoms with E-state index in [4.69, 9.17) is 15.2 Å². The van der Waals surface area contributed by atoms with E-state index in [1.165, 1.54) is 0 Å².